The highest BCUT2D eigenvalue weighted by Gasteiger charge is 2.37. The number of aromatic nitrogens is 7. The first-order chi connectivity index (χ1) is 20.6. The normalized spacial score (nSPS) is 12.0. The van der Waals surface area contributed by atoms with Crippen LogP contribution in [0.3, 0.4) is 0 Å². The van der Waals surface area contributed by atoms with Crippen molar-refractivity contribution in [1.82, 2.24) is 35.0 Å². The Labute approximate surface area is 281 Å². The molecular weight excluding hydrogens is 839 g/mol. The molecular formula is C25H12Br3Cl3N7O4P. The number of aromatic amines is 2. The van der Waals surface area contributed by atoms with Gasteiger partial charge in [0.2, 0.25) is 0 Å². The molecule has 218 valence electrons. The summed E-state index contributed by atoms with van der Waals surface area (Å²) < 4.78 is 36.5. The summed E-state index contributed by atoms with van der Waals surface area (Å²) in [7, 11) is -4.64. The third-order valence-corrected chi connectivity index (χ3v) is 11.5. The van der Waals surface area contributed by atoms with E-state index in [-0.39, 0.29) is 22.3 Å². The molecule has 18 heteroatoms. The number of nitrogens with zero attached hydrogens (tertiary/aromatic N) is 5. The molecule has 0 aliphatic rings. The van der Waals surface area contributed by atoms with Crippen LogP contribution in [0.1, 0.15) is 0 Å². The van der Waals surface area contributed by atoms with E-state index < -0.39 is 7.82 Å². The summed E-state index contributed by atoms with van der Waals surface area (Å²) in [5.41, 5.74) is 1.81. The quantitative estimate of drug-likeness (QED) is 0.153. The van der Waals surface area contributed by atoms with Crippen LogP contribution >= 0.6 is 90.4 Å². The minimum atomic E-state index is -4.64. The Kier molecular flexibility index (Phi) is 7.44. The lowest BCUT2D eigenvalue weighted by Crippen LogP contribution is -2.09. The molecule has 0 spiro atoms. The maximum absolute atomic E-state index is 14.8. The molecule has 0 saturated carbocycles. The fraction of sp³-hybridized carbons (Fsp3) is 0. The topological polar surface area (TPSA) is 125 Å². The number of tetrazole rings is 1. The Morgan fingerprint density at radius 1 is 0.721 bits per heavy atom. The van der Waals surface area contributed by atoms with Crippen LogP contribution in [0.5, 0.6) is 17.2 Å². The molecule has 0 amide bonds. The van der Waals surface area contributed by atoms with Gasteiger partial charge in [0.15, 0.2) is 23.6 Å². The standard InChI is InChI=1S/C25H12Br3Cl3N7O4P/c26-11-1-4-14-20(23(11)29)17(7-32-14)40-43(39,41-18-8-33-15-5-2-12(27)24(30)21(15)18)42-19-9-37(38-10-34-35-36-38)16-6-3-13(28)25(31)22(16)19/h1-10,32-33H. The van der Waals surface area contributed by atoms with Gasteiger partial charge in [-0.1, -0.05) is 34.8 Å². The molecule has 11 nitrogen and oxygen atoms in total. The van der Waals surface area contributed by atoms with Crippen LogP contribution in [-0.4, -0.2) is 35.0 Å². The summed E-state index contributed by atoms with van der Waals surface area (Å²) in [6, 6.07) is 10.6. The monoisotopic (exact) mass is 847 g/mol. The van der Waals surface area contributed by atoms with Crippen molar-refractivity contribution >= 4 is 123 Å². The molecule has 0 saturated heterocycles. The number of hydrogen-bond donors (Lipinski definition) is 2. The molecule has 2 N–H and O–H groups in total. The fourth-order valence-electron chi connectivity index (χ4n) is 4.52. The van der Waals surface area contributed by atoms with Crippen molar-refractivity contribution in [3.05, 3.63) is 89.8 Å². The Morgan fingerprint density at radius 2 is 1.23 bits per heavy atom. The molecule has 0 unspecified atom stereocenters. The average molecular weight is 851 g/mol. The predicted molar refractivity (Wildman–Crippen MR) is 175 cm³/mol. The molecule has 0 radical (unpaired) electrons. The molecule has 0 atom stereocenters. The van der Waals surface area contributed by atoms with Gasteiger partial charge in [-0.25, -0.2) is 4.68 Å². The van der Waals surface area contributed by atoms with Gasteiger partial charge in [0.1, 0.15) is 0 Å². The molecule has 0 bridgehead atoms. The summed E-state index contributed by atoms with van der Waals surface area (Å²) in [4.78, 5) is 7.47. The average Bonchev–Trinajstić information content (AvgIpc) is 3.78. The summed E-state index contributed by atoms with van der Waals surface area (Å²) in [5.74, 6) is 0.292. The first-order valence-corrected chi connectivity index (χ1v) is 16.9. The molecule has 3 aromatic carbocycles. The Hall–Kier alpha value is -2.71. The van der Waals surface area contributed by atoms with Gasteiger partial charge in [0.25, 0.3) is 0 Å². The van der Waals surface area contributed by atoms with Gasteiger partial charge < -0.3 is 23.5 Å². The van der Waals surface area contributed by atoms with Crippen molar-refractivity contribution in [1.29, 1.82) is 0 Å². The van der Waals surface area contributed by atoms with E-state index in [1.54, 1.807) is 41.1 Å². The largest absolute Gasteiger partial charge is 0.647 e. The van der Waals surface area contributed by atoms with Crippen molar-refractivity contribution in [2.75, 3.05) is 0 Å². The first kappa shape index (κ1) is 29.0. The number of phosphoric ester groups is 1. The van der Waals surface area contributed by atoms with E-state index in [2.05, 4.69) is 73.3 Å². The lowest BCUT2D eigenvalue weighted by Gasteiger charge is -2.19. The van der Waals surface area contributed by atoms with Gasteiger partial charge in [0.05, 0.1) is 54.0 Å². The number of rotatable bonds is 7. The Bertz CT molecular complexity index is 2160. The second-order valence-electron chi connectivity index (χ2n) is 8.92. The predicted octanol–water partition coefficient (Wildman–Crippen LogP) is 9.79. The first-order valence-electron chi connectivity index (χ1n) is 12.0. The zero-order valence-corrected chi connectivity index (χ0v) is 28.8. The van der Waals surface area contributed by atoms with Crippen molar-refractivity contribution in [3.63, 3.8) is 0 Å². The number of hydrogen-bond acceptors (Lipinski definition) is 7. The molecule has 7 rings (SSSR count). The van der Waals surface area contributed by atoms with E-state index in [9.17, 15) is 4.57 Å². The summed E-state index contributed by atoms with van der Waals surface area (Å²) >= 11 is 30.2. The summed E-state index contributed by atoms with van der Waals surface area (Å²) in [5, 5.41) is 13.6. The van der Waals surface area contributed by atoms with Gasteiger partial charge >= 0.3 is 7.82 Å². The zero-order valence-electron chi connectivity index (χ0n) is 20.9. The number of halogens is 6. The van der Waals surface area contributed by atoms with Crippen LogP contribution in [0.4, 0.5) is 0 Å². The highest BCUT2D eigenvalue weighted by atomic mass is 79.9. The maximum Gasteiger partial charge on any atom is 0.647 e. The SMILES string of the molecule is O=P(Oc1c[nH]c2ccc(Br)c(Cl)c12)(Oc1c[nH]c2ccc(Br)c(Cl)c12)Oc1cn(-n2cnnn2)c2ccc(Br)c(Cl)c12. The van der Waals surface area contributed by atoms with Crippen LogP contribution in [-0.2, 0) is 4.57 Å². The molecule has 4 heterocycles. The van der Waals surface area contributed by atoms with Crippen molar-refractivity contribution in [2.45, 2.75) is 0 Å². The molecule has 0 aliphatic heterocycles. The highest BCUT2D eigenvalue weighted by molar-refractivity contribution is 9.11. The van der Waals surface area contributed by atoms with Gasteiger partial charge in [-0.15, -0.1) is 9.89 Å². The van der Waals surface area contributed by atoms with Crippen LogP contribution < -0.4 is 13.6 Å². The van der Waals surface area contributed by atoms with Crippen molar-refractivity contribution in [2.24, 2.45) is 0 Å². The minimum Gasteiger partial charge on any atom is -0.384 e. The summed E-state index contributed by atoms with van der Waals surface area (Å²) in [6.45, 7) is 0. The Morgan fingerprint density at radius 3 is 1.77 bits per heavy atom. The molecule has 7 aromatic rings. The smallest absolute Gasteiger partial charge is 0.384 e. The molecule has 0 aliphatic carbocycles. The van der Waals surface area contributed by atoms with E-state index in [1.165, 1.54) is 29.7 Å². The van der Waals surface area contributed by atoms with E-state index in [0.29, 0.717) is 56.2 Å². The van der Waals surface area contributed by atoms with Crippen LogP contribution in [0.15, 0.2) is 74.7 Å². The van der Waals surface area contributed by atoms with E-state index >= 15 is 0 Å². The van der Waals surface area contributed by atoms with Gasteiger partial charge in [-0.3, -0.25) is 0 Å². The van der Waals surface area contributed by atoms with Gasteiger partial charge in [-0.05, 0) is 94.6 Å². The van der Waals surface area contributed by atoms with Gasteiger partial charge in [0, 0.05) is 25.8 Å². The van der Waals surface area contributed by atoms with Crippen LogP contribution in [0.2, 0.25) is 15.1 Å². The molecule has 4 aromatic heterocycles. The lowest BCUT2D eigenvalue weighted by atomic mass is 10.2. The number of nitrogens with one attached hydrogen (secondary N) is 2. The number of fused-ring (bicyclic) bond motifs is 3. The molecule has 43 heavy (non-hydrogen) atoms. The minimum absolute atomic E-state index is 0.0550. The fourth-order valence-corrected chi connectivity index (χ4v) is 7.54. The van der Waals surface area contributed by atoms with Crippen LogP contribution in [0, 0.1) is 0 Å². The highest BCUT2D eigenvalue weighted by Crippen LogP contribution is 2.55. The second kappa shape index (κ2) is 11.0. The van der Waals surface area contributed by atoms with E-state index in [1.807, 2.05) is 0 Å². The van der Waals surface area contributed by atoms with Crippen molar-refractivity contribution < 1.29 is 18.1 Å². The van der Waals surface area contributed by atoms with Gasteiger partial charge in [-0.2, -0.15) is 4.57 Å². The molecule has 0 fully saturated rings. The number of phosphoric acid groups is 1. The number of benzene rings is 3. The van der Waals surface area contributed by atoms with Crippen LogP contribution in [0.25, 0.3) is 32.7 Å². The van der Waals surface area contributed by atoms with E-state index in [0.717, 1.165) is 0 Å². The lowest BCUT2D eigenvalue weighted by molar-refractivity contribution is 0.301. The summed E-state index contributed by atoms with van der Waals surface area (Å²) in [6.07, 6.45) is 5.91. The Balaban J connectivity index is 1.41. The van der Waals surface area contributed by atoms with E-state index in [4.69, 9.17) is 48.4 Å². The third kappa shape index (κ3) is 5.02. The zero-order chi connectivity index (χ0) is 30.0. The maximum atomic E-state index is 14.8. The second-order valence-corrected chi connectivity index (χ2v) is 14.1. The van der Waals surface area contributed by atoms with Crippen molar-refractivity contribution in [3.8, 4) is 17.2 Å². The third-order valence-electron chi connectivity index (χ3n) is 6.40. The number of H-pyrrole nitrogens is 2.